The quantitative estimate of drug-likeness (QED) is 0.0932. The number of aliphatic hydroxyl groups excluding tert-OH is 3. The van der Waals surface area contributed by atoms with Gasteiger partial charge >= 0.3 is 5.97 Å². The Labute approximate surface area is 317 Å². The number of hydrogen-bond acceptors (Lipinski definition) is 8. The molecule has 0 aliphatic heterocycles. The number of amides is 1. The average Bonchev–Trinajstić information content (AvgIpc) is 3.52. The van der Waals surface area contributed by atoms with Crippen LogP contribution >= 0.6 is 0 Å². The van der Waals surface area contributed by atoms with Crippen molar-refractivity contribution in [3.63, 3.8) is 0 Å². The molecule has 0 saturated heterocycles. The second kappa shape index (κ2) is 15.0. The summed E-state index contributed by atoms with van der Waals surface area (Å²) in [5, 5.41) is 48.3. The van der Waals surface area contributed by atoms with Crippen LogP contribution in [0.5, 0.6) is 0 Å². The van der Waals surface area contributed by atoms with Gasteiger partial charge in [-0.1, -0.05) is 77.1 Å². The fraction of sp³-hybridized carbons (Fsp3) is 0.773. The number of aliphatic hydroxyl groups is 4. The average molecular weight is 737 g/mol. The van der Waals surface area contributed by atoms with Gasteiger partial charge in [0, 0.05) is 26.0 Å². The molecule has 5 fully saturated rings. The lowest BCUT2D eigenvalue weighted by atomic mass is 9.32. The highest BCUT2D eigenvalue weighted by molar-refractivity contribution is 5.87. The first-order valence-electron chi connectivity index (χ1n) is 20.5. The van der Waals surface area contributed by atoms with Gasteiger partial charge in [-0.2, -0.15) is 0 Å². The predicted octanol–water partition coefficient (Wildman–Crippen LogP) is 5.54. The summed E-state index contributed by atoms with van der Waals surface area (Å²) >= 11 is 0. The molecule has 1 amide bonds. The number of carbonyl (C=O) groups excluding carboxylic acids is 2. The lowest BCUT2D eigenvalue weighted by molar-refractivity contribution is -0.249. The van der Waals surface area contributed by atoms with E-state index in [1.54, 1.807) is 0 Å². The Balaban J connectivity index is 1.20. The van der Waals surface area contributed by atoms with E-state index in [2.05, 4.69) is 51.8 Å². The Morgan fingerprint density at radius 3 is 2.26 bits per heavy atom. The van der Waals surface area contributed by atoms with Crippen LogP contribution in [0.4, 0.5) is 0 Å². The lowest BCUT2D eigenvalue weighted by Crippen LogP contribution is -2.66. The molecule has 5 aliphatic carbocycles. The smallest absolute Gasteiger partial charge is 0.328 e. The summed E-state index contributed by atoms with van der Waals surface area (Å²) < 4.78 is 5.00. The number of esters is 1. The lowest BCUT2D eigenvalue weighted by Gasteiger charge is -2.73. The van der Waals surface area contributed by atoms with Crippen molar-refractivity contribution < 1.29 is 34.8 Å². The molecule has 9 heteroatoms. The predicted molar refractivity (Wildman–Crippen MR) is 205 cm³/mol. The van der Waals surface area contributed by atoms with Crippen LogP contribution in [0, 0.1) is 56.7 Å². The molecule has 1 aromatic rings. The molecule has 0 bridgehead atoms. The SMILES string of the molecule is C=C(CN[C@H](CC(O)O)C(=O)N[C@H](Cc1ccccc1)C(=O)OC)[C@@H]1CCC2(CO)CC[C@]3(C)C(CCC4[C@@]5(C)CC[C@H](O)C(C)(C)C5CC[C@]43C)C12. The number of nitrogens with one attached hydrogen (secondary N) is 2. The highest BCUT2D eigenvalue weighted by atomic mass is 16.5. The third-order valence-electron chi connectivity index (χ3n) is 16.8. The minimum atomic E-state index is -1.73. The van der Waals surface area contributed by atoms with Gasteiger partial charge in [0.2, 0.25) is 5.91 Å². The third-order valence-corrected chi connectivity index (χ3v) is 16.8. The van der Waals surface area contributed by atoms with Gasteiger partial charge in [0.1, 0.15) is 6.04 Å². The fourth-order valence-corrected chi connectivity index (χ4v) is 13.8. The first kappa shape index (κ1) is 40.4. The number of fused-ring (bicyclic) bond motifs is 7. The van der Waals surface area contributed by atoms with Crippen molar-refractivity contribution >= 4 is 11.9 Å². The Bertz CT molecular complexity index is 1500. The highest BCUT2D eigenvalue weighted by Gasteiger charge is 2.70. The number of methoxy groups -OCH3 is 1. The van der Waals surface area contributed by atoms with Gasteiger partial charge in [0.15, 0.2) is 6.29 Å². The second-order valence-corrected chi connectivity index (χ2v) is 19.3. The molecule has 6 rings (SSSR count). The Morgan fingerprint density at radius 2 is 1.60 bits per heavy atom. The molecule has 1 aromatic carbocycles. The van der Waals surface area contributed by atoms with Gasteiger partial charge in [-0.15, -0.1) is 0 Å². The maximum absolute atomic E-state index is 13.7. The Kier molecular flexibility index (Phi) is 11.4. The largest absolute Gasteiger partial charge is 0.467 e. The van der Waals surface area contributed by atoms with Crippen LogP contribution in [0.15, 0.2) is 42.5 Å². The van der Waals surface area contributed by atoms with Crippen LogP contribution in [-0.4, -0.2) is 77.0 Å². The molecule has 5 saturated carbocycles. The van der Waals surface area contributed by atoms with E-state index in [9.17, 15) is 30.0 Å². The van der Waals surface area contributed by atoms with Crippen molar-refractivity contribution in [1.29, 1.82) is 0 Å². The summed E-state index contributed by atoms with van der Waals surface area (Å²) in [7, 11) is 1.29. The van der Waals surface area contributed by atoms with Crippen LogP contribution in [0.2, 0.25) is 0 Å². The third kappa shape index (κ3) is 6.83. The molecule has 296 valence electrons. The zero-order valence-corrected chi connectivity index (χ0v) is 33.2. The van der Waals surface area contributed by atoms with Gasteiger partial charge in [-0.05, 0) is 126 Å². The molecule has 5 unspecified atom stereocenters. The van der Waals surface area contributed by atoms with Crippen molar-refractivity contribution in [3.8, 4) is 0 Å². The number of hydrogen-bond donors (Lipinski definition) is 6. The molecule has 0 heterocycles. The van der Waals surface area contributed by atoms with Crippen LogP contribution in [0.3, 0.4) is 0 Å². The van der Waals surface area contributed by atoms with E-state index in [0.29, 0.717) is 24.3 Å². The summed E-state index contributed by atoms with van der Waals surface area (Å²) in [6, 6.07) is 7.47. The second-order valence-electron chi connectivity index (χ2n) is 19.3. The van der Waals surface area contributed by atoms with Crippen LogP contribution < -0.4 is 10.6 Å². The van der Waals surface area contributed by atoms with E-state index < -0.39 is 30.3 Å². The molecular weight excluding hydrogens is 668 g/mol. The number of rotatable bonds is 12. The summed E-state index contributed by atoms with van der Waals surface area (Å²) in [4.78, 5) is 26.4. The minimum Gasteiger partial charge on any atom is -0.467 e. The summed E-state index contributed by atoms with van der Waals surface area (Å²) in [5.74, 6) is 0.898. The minimum absolute atomic E-state index is 0.0884. The van der Waals surface area contributed by atoms with Crippen molar-refractivity contribution in [2.75, 3.05) is 20.3 Å². The van der Waals surface area contributed by atoms with E-state index in [-0.39, 0.29) is 64.5 Å². The van der Waals surface area contributed by atoms with Gasteiger partial charge in [-0.25, -0.2) is 4.79 Å². The normalized spacial score (nSPS) is 39.8. The van der Waals surface area contributed by atoms with E-state index in [1.807, 2.05) is 30.3 Å². The van der Waals surface area contributed by atoms with Crippen LogP contribution in [0.1, 0.15) is 111 Å². The molecule has 6 N–H and O–H groups in total. The molecule has 0 spiro atoms. The van der Waals surface area contributed by atoms with E-state index in [1.165, 1.54) is 20.0 Å². The zero-order valence-electron chi connectivity index (χ0n) is 33.2. The topological polar surface area (TPSA) is 148 Å². The summed E-state index contributed by atoms with van der Waals surface area (Å²) in [6.07, 6.45) is 8.61. The Hall–Kier alpha value is -2.30. The van der Waals surface area contributed by atoms with E-state index in [0.717, 1.165) is 62.5 Å². The van der Waals surface area contributed by atoms with Crippen molar-refractivity contribution in [1.82, 2.24) is 10.6 Å². The van der Waals surface area contributed by atoms with Gasteiger partial charge in [-0.3, -0.25) is 4.79 Å². The summed E-state index contributed by atoms with van der Waals surface area (Å²) in [5.41, 5.74) is 2.07. The van der Waals surface area contributed by atoms with Gasteiger partial charge in [0.05, 0.1) is 19.3 Å². The first-order chi connectivity index (χ1) is 25.0. The fourth-order valence-electron chi connectivity index (χ4n) is 13.8. The number of benzene rings is 1. The standard InChI is InChI=1S/C44H68N2O7/c1-27(25-45-31(24-36(49)50)38(51)46-32(39(52)53-7)23-28-11-9-8-10-12-28)29-15-20-44(26-47)22-21-42(5)30(37(29)44)13-14-34-41(4)18-17-35(48)40(2,3)33(41)16-19-43(34,42)6/h8-12,29-37,45,47-50H,1,13-26H2,2-7H3,(H,46,51)/t29-,30?,31+,32+,33?,34?,35-,37?,41-,42+,43+,44?/m0/s1. The van der Waals surface area contributed by atoms with E-state index >= 15 is 0 Å². The monoisotopic (exact) mass is 737 g/mol. The number of carbonyl (C=O) groups is 2. The van der Waals surface area contributed by atoms with Crippen LogP contribution in [0.25, 0.3) is 0 Å². The van der Waals surface area contributed by atoms with Crippen LogP contribution in [-0.2, 0) is 20.7 Å². The highest BCUT2D eigenvalue weighted by Crippen LogP contribution is 2.77. The zero-order chi connectivity index (χ0) is 38.6. The molecular formula is C44H68N2O7. The Morgan fingerprint density at radius 1 is 0.887 bits per heavy atom. The maximum atomic E-state index is 13.7. The first-order valence-corrected chi connectivity index (χ1v) is 20.5. The molecule has 0 radical (unpaired) electrons. The van der Waals surface area contributed by atoms with E-state index in [4.69, 9.17) is 4.74 Å². The molecule has 12 atom stereocenters. The molecule has 0 aromatic heterocycles. The number of ether oxygens (including phenoxy) is 1. The molecule has 9 nitrogen and oxygen atoms in total. The van der Waals surface area contributed by atoms with Crippen molar-refractivity contribution in [2.24, 2.45) is 56.7 Å². The maximum Gasteiger partial charge on any atom is 0.328 e. The van der Waals surface area contributed by atoms with Gasteiger partial charge in [0.25, 0.3) is 0 Å². The van der Waals surface area contributed by atoms with Gasteiger partial charge < -0.3 is 35.8 Å². The summed E-state index contributed by atoms with van der Waals surface area (Å²) in [6.45, 7) is 17.4. The molecule has 53 heavy (non-hydrogen) atoms. The van der Waals surface area contributed by atoms with Crippen molar-refractivity contribution in [3.05, 3.63) is 48.0 Å². The van der Waals surface area contributed by atoms with Crippen molar-refractivity contribution in [2.45, 2.75) is 136 Å². The molecule has 5 aliphatic rings.